The minimum atomic E-state index is -0.585. The molecule has 0 aliphatic rings. The Morgan fingerprint density at radius 2 is 1.96 bits per heavy atom. The van der Waals surface area contributed by atoms with E-state index >= 15 is 0 Å². The average molecular weight is 379 g/mol. The van der Waals surface area contributed by atoms with E-state index < -0.39 is 5.97 Å². The number of ketones is 1. The highest BCUT2D eigenvalue weighted by atomic mass is 16.5. The van der Waals surface area contributed by atoms with Gasteiger partial charge in [-0.2, -0.15) is 5.10 Å². The number of nitrogens with one attached hydrogen (secondary N) is 1. The number of aromatic nitrogens is 3. The number of Topliss-reactive ketones (excluding diaryl/α,β-unsaturated/α-hetero) is 1. The van der Waals surface area contributed by atoms with Gasteiger partial charge in [0.2, 0.25) is 5.78 Å². The quantitative estimate of drug-likeness (QED) is 0.387. The summed E-state index contributed by atoms with van der Waals surface area (Å²) in [6, 6.07) is 8.67. The van der Waals surface area contributed by atoms with Gasteiger partial charge in [-0.15, -0.1) is 6.58 Å². The lowest BCUT2D eigenvalue weighted by Crippen LogP contribution is -2.18. The van der Waals surface area contributed by atoms with E-state index in [1.807, 2.05) is 18.4 Å². The van der Waals surface area contributed by atoms with Gasteiger partial charge in [-0.25, -0.2) is 5.10 Å². The number of hydrogen-bond acceptors (Lipinski definition) is 5. The Morgan fingerprint density at radius 1 is 1.25 bits per heavy atom. The van der Waals surface area contributed by atoms with Crippen molar-refractivity contribution in [3.05, 3.63) is 76.0 Å². The van der Waals surface area contributed by atoms with Gasteiger partial charge in [-0.05, 0) is 26.0 Å². The number of carbonyl (C=O) groups excluding carboxylic acids is 2. The lowest BCUT2D eigenvalue weighted by molar-refractivity contribution is -0.141. The molecule has 0 bridgehead atoms. The van der Waals surface area contributed by atoms with Crippen molar-refractivity contribution < 1.29 is 14.3 Å². The minimum absolute atomic E-state index is 0.139. The summed E-state index contributed by atoms with van der Waals surface area (Å²) in [5.41, 5.74) is 2.36. The highest BCUT2D eigenvalue weighted by molar-refractivity contribution is 5.99. The first-order valence-corrected chi connectivity index (χ1v) is 8.85. The zero-order chi connectivity index (χ0) is 20.3. The molecule has 0 unspecified atom stereocenters. The Hall–Kier alpha value is -3.48. The van der Waals surface area contributed by atoms with Crippen LogP contribution < -0.4 is 5.56 Å². The molecule has 0 atom stereocenters. The van der Waals surface area contributed by atoms with Crippen molar-refractivity contribution in [1.29, 1.82) is 0 Å². The van der Waals surface area contributed by atoms with Crippen molar-refractivity contribution in [2.24, 2.45) is 0 Å². The first-order valence-electron chi connectivity index (χ1n) is 8.85. The van der Waals surface area contributed by atoms with Gasteiger partial charge in [-0.1, -0.05) is 24.3 Å². The normalized spacial score (nSPS) is 10.8. The summed E-state index contributed by atoms with van der Waals surface area (Å²) in [6.45, 7) is 7.73. The van der Waals surface area contributed by atoms with Gasteiger partial charge >= 0.3 is 5.97 Å². The molecule has 0 spiro atoms. The number of hydrogen-bond donors (Lipinski definition) is 1. The number of esters is 1. The molecule has 1 N–H and O–H groups in total. The molecular weight excluding hydrogens is 358 g/mol. The highest BCUT2D eigenvalue weighted by Crippen LogP contribution is 2.17. The van der Waals surface area contributed by atoms with Gasteiger partial charge in [0, 0.05) is 28.9 Å². The second kappa shape index (κ2) is 8.04. The van der Waals surface area contributed by atoms with Crippen LogP contribution in [0.15, 0.2) is 47.8 Å². The molecule has 0 amide bonds. The Balaban J connectivity index is 1.69. The highest BCUT2D eigenvalue weighted by Gasteiger charge is 2.18. The summed E-state index contributed by atoms with van der Waals surface area (Å²) in [5.74, 6) is -0.853. The fraction of sp³-hybridized carbons (Fsp3) is 0.238. The van der Waals surface area contributed by atoms with Gasteiger partial charge in [0.25, 0.3) is 5.56 Å². The van der Waals surface area contributed by atoms with Crippen LogP contribution in [-0.2, 0) is 22.5 Å². The van der Waals surface area contributed by atoms with E-state index in [1.54, 1.807) is 36.4 Å². The lowest BCUT2D eigenvalue weighted by Gasteiger charge is -2.07. The SMILES string of the molecule is C=CCn1c(C)cc(C(=O)COC(=O)Cc2n[nH]c(=O)c3ccccc23)c1C. The van der Waals surface area contributed by atoms with Crippen LogP contribution >= 0.6 is 0 Å². The molecule has 0 radical (unpaired) electrons. The maximum Gasteiger partial charge on any atom is 0.312 e. The van der Waals surface area contributed by atoms with E-state index in [4.69, 9.17) is 4.74 Å². The van der Waals surface area contributed by atoms with Gasteiger partial charge in [0.05, 0.1) is 17.5 Å². The molecule has 2 aromatic heterocycles. The van der Waals surface area contributed by atoms with Crippen LogP contribution in [0.3, 0.4) is 0 Å². The van der Waals surface area contributed by atoms with Gasteiger partial charge < -0.3 is 9.30 Å². The molecule has 0 saturated heterocycles. The molecule has 7 nitrogen and oxygen atoms in total. The molecule has 0 saturated carbocycles. The number of benzene rings is 1. The number of carbonyl (C=O) groups is 2. The number of aryl methyl sites for hydroxylation is 1. The van der Waals surface area contributed by atoms with Crippen LogP contribution in [0.2, 0.25) is 0 Å². The molecule has 2 heterocycles. The van der Waals surface area contributed by atoms with E-state index in [1.165, 1.54) is 0 Å². The molecule has 7 heteroatoms. The zero-order valence-electron chi connectivity index (χ0n) is 15.8. The maximum atomic E-state index is 12.5. The molecule has 0 fully saturated rings. The number of fused-ring (bicyclic) bond motifs is 1. The predicted molar refractivity (Wildman–Crippen MR) is 105 cm³/mol. The Kier molecular flexibility index (Phi) is 5.54. The van der Waals surface area contributed by atoms with Crippen molar-refractivity contribution in [2.75, 3.05) is 6.61 Å². The summed E-state index contributed by atoms with van der Waals surface area (Å²) in [5, 5.41) is 7.36. The van der Waals surface area contributed by atoms with Crippen molar-refractivity contribution >= 4 is 22.5 Å². The minimum Gasteiger partial charge on any atom is -0.457 e. The standard InChI is InChI=1S/C21H21N3O4/c1-4-9-24-13(2)10-17(14(24)3)19(25)12-28-20(26)11-18-15-7-5-6-8-16(15)21(27)23-22-18/h4-8,10H,1,9,11-12H2,2-3H3,(H,23,27). The van der Waals surface area contributed by atoms with Crippen molar-refractivity contribution in [3.8, 4) is 0 Å². The van der Waals surface area contributed by atoms with E-state index in [2.05, 4.69) is 16.8 Å². The molecular formula is C21H21N3O4. The fourth-order valence-corrected chi connectivity index (χ4v) is 3.21. The molecule has 144 valence electrons. The van der Waals surface area contributed by atoms with Crippen LogP contribution in [0.4, 0.5) is 0 Å². The molecule has 3 rings (SSSR count). The number of aromatic amines is 1. The fourth-order valence-electron chi connectivity index (χ4n) is 3.21. The second-order valence-electron chi connectivity index (χ2n) is 6.49. The topological polar surface area (TPSA) is 94.0 Å². The lowest BCUT2D eigenvalue weighted by atomic mass is 10.1. The zero-order valence-corrected chi connectivity index (χ0v) is 15.8. The molecule has 3 aromatic rings. The third-order valence-electron chi connectivity index (χ3n) is 4.64. The van der Waals surface area contributed by atoms with Crippen LogP contribution in [-0.4, -0.2) is 33.1 Å². The second-order valence-corrected chi connectivity index (χ2v) is 6.49. The third kappa shape index (κ3) is 3.78. The largest absolute Gasteiger partial charge is 0.457 e. The summed E-state index contributed by atoms with van der Waals surface area (Å²) >= 11 is 0. The third-order valence-corrected chi connectivity index (χ3v) is 4.64. The molecule has 1 aromatic carbocycles. The van der Waals surface area contributed by atoms with Gasteiger partial charge in [-0.3, -0.25) is 14.4 Å². The number of H-pyrrole nitrogens is 1. The first kappa shape index (κ1) is 19.3. The number of nitrogens with zero attached hydrogens (tertiary/aromatic N) is 2. The monoisotopic (exact) mass is 379 g/mol. The summed E-state index contributed by atoms with van der Waals surface area (Å²) < 4.78 is 7.13. The molecule has 28 heavy (non-hydrogen) atoms. The first-order chi connectivity index (χ1) is 13.4. The van der Waals surface area contributed by atoms with E-state index in [9.17, 15) is 14.4 Å². The summed E-state index contributed by atoms with van der Waals surface area (Å²) in [7, 11) is 0. The number of rotatable bonds is 7. The van der Waals surface area contributed by atoms with E-state index in [0.29, 0.717) is 28.6 Å². The van der Waals surface area contributed by atoms with E-state index in [0.717, 1.165) is 11.4 Å². The average Bonchev–Trinajstić information content (AvgIpc) is 2.97. The van der Waals surface area contributed by atoms with E-state index in [-0.39, 0.29) is 24.4 Å². The van der Waals surface area contributed by atoms with Gasteiger partial charge in [0.15, 0.2) is 6.61 Å². The van der Waals surface area contributed by atoms with Crippen molar-refractivity contribution in [1.82, 2.24) is 14.8 Å². The van der Waals surface area contributed by atoms with Crippen LogP contribution in [0.5, 0.6) is 0 Å². The van der Waals surface area contributed by atoms with Crippen molar-refractivity contribution in [2.45, 2.75) is 26.8 Å². The smallest absolute Gasteiger partial charge is 0.312 e. The van der Waals surface area contributed by atoms with Crippen molar-refractivity contribution in [3.63, 3.8) is 0 Å². The Labute approximate surface area is 161 Å². The van der Waals surface area contributed by atoms with Crippen LogP contribution in [0, 0.1) is 13.8 Å². The predicted octanol–water partition coefficient (Wildman–Crippen LogP) is 2.50. The van der Waals surface area contributed by atoms with Crippen LogP contribution in [0.1, 0.15) is 27.4 Å². The van der Waals surface area contributed by atoms with Crippen LogP contribution in [0.25, 0.3) is 10.8 Å². The Bertz CT molecular complexity index is 1120. The number of ether oxygens (including phenoxy) is 1. The van der Waals surface area contributed by atoms with Gasteiger partial charge in [0.1, 0.15) is 0 Å². The molecule has 0 aliphatic heterocycles. The number of allylic oxidation sites excluding steroid dienone is 1. The summed E-state index contributed by atoms with van der Waals surface area (Å²) in [6.07, 6.45) is 1.62. The molecule has 0 aliphatic carbocycles. The Morgan fingerprint density at radius 3 is 2.68 bits per heavy atom. The maximum absolute atomic E-state index is 12.5. The summed E-state index contributed by atoms with van der Waals surface area (Å²) in [4.78, 5) is 36.5.